The molecular formula is C15H35NO8Si2. The summed E-state index contributed by atoms with van der Waals surface area (Å²) in [7, 11) is 3.03. The van der Waals surface area contributed by atoms with E-state index in [1.54, 1.807) is 6.92 Å². The SMILES string of the molecule is CCC(NC(C)C(=O)OC(CC)[Si](OC)(OC)OC)[Si](OC)(OC)OC. The molecule has 3 atom stereocenters. The average molecular weight is 414 g/mol. The van der Waals surface area contributed by atoms with Gasteiger partial charge in [0.25, 0.3) is 0 Å². The molecule has 9 nitrogen and oxygen atoms in total. The standard InChI is InChI=1S/C15H35NO8Si2/c1-10-13(25(18-4,19-5)20-6)16-12(3)15(17)24-14(11-2)26(21-7,22-8)23-9/h12-14,16H,10-11H2,1-9H3. The second kappa shape index (κ2) is 12.2. The van der Waals surface area contributed by atoms with E-state index < -0.39 is 35.3 Å². The van der Waals surface area contributed by atoms with Gasteiger partial charge in [-0.1, -0.05) is 13.8 Å². The molecular weight excluding hydrogens is 378 g/mol. The highest BCUT2D eigenvalue weighted by molar-refractivity contribution is 6.62. The Morgan fingerprint density at radius 2 is 1.23 bits per heavy atom. The zero-order valence-electron chi connectivity index (χ0n) is 17.4. The predicted molar refractivity (Wildman–Crippen MR) is 100 cm³/mol. The fraction of sp³-hybridized carbons (Fsp3) is 0.933. The molecule has 3 unspecified atom stereocenters. The highest BCUT2D eigenvalue weighted by Crippen LogP contribution is 2.20. The first kappa shape index (κ1) is 25.6. The van der Waals surface area contributed by atoms with E-state index in [0.29, 0.717) is 12.8 Å². The van der Waals surface area contributed by atoms with E-state index in [2.05, 4.69) is 5.32 Å². The number of rotatable bonds is 14. The number of nitrogens with one attached hydrogen (secondary N) is 1. The van der Waals surface area contributed by atoms with Crippen molar-refractivity contribution in [2.24, 2.45) is 0 Å². The molecule has 0 bridgehead atoms. The lowest BCUT2D eigenvalue weighted by atomic mass is 10.3. The summed E-state index contributed by atoms with van der Waals surface area (Å²) in [6.07, 6.45) is 1.16. The van der Waals surface area contributed by atoms with E-state index in [-0.39, 0.29) is 5.67 Å². The fourth-order valence-corrected chi connectivity index (χ4v) is 7.17. The van der Waals surface area contributed by atoms with Gasteiger partial charge in [-0.25, -0.2) is 0 Å². The molecule has 0 aromatic heterocycles. The lowest BCUT2D eigenvalue weighted by Gasteiger charge is -2.35. The van der Waals surface area contributed by atoms with Crippen molar-refractivity contribution in [3.05, 3.63) is 0 Å². The van der Waals surface area contributed by atoms with Gasteiger partial charge in [-0.05, 0) is 19.8 Å². The summed E-state index contributed by atoms with van der Waals surface area (Å²) in [4.78, 5) is 12.6. The zero-order valence-corrected chi connectivity index (χ0v) is 19.4. The average Bonchev–Trinajstić information content (AvgIpc) is 2.68. The van der Waals surface area contributed by atoms with Crippen LogP contribution in [0.4, 0.5) is 0 Å². The summed E-state index contributed by atoms with van der Waals surface area (Å²) in [6.45, 7) is 5.55. The zero-order chi connectivity index (χ0) is 20.4. The largest absolute Gasteiger partial charge is 0.543 e. The molecule has 0 amide bonds. The van der Waals surface area contributed by atoms with Gasteiger partial charge in [-0.3, -0.25) is 10.1 Å². The van der Waals surface area contributed by atoms with Crippen LogP contribution in [0.3, 0.4) is 0 Å². The molecule has 0 fully saturated rings. The molecule has 0 spiro atoms. The minimum atomic E-state index is -3.10. The van der Waals surface area contributed by atoms with Crippen molar-refractivity contribution in [1.29, 1.82) is 0 Å². The van der Waals surface area contributed by atoms with Crippen LogP contribution in [0.25, 0.3) is 0 Å². The van der Waals surface area contributed by atoms with E-state index in [1.165, 1.54) is 42.7 Å². The first-order valence-corrected chi connectivity index (χ1v) is 12.2. The summed E-state index contributed by atoms with van der Waals surface area (Å²) in [5.41, 5.74) is -0.868. The normalized spacial score (nSPS) is 16.2. The van der Waals surface area contributed by atoms with Crippen LogP contribution in [0.5, 0.6) is 0 Å². The molecule has 0 saturated carbocycles. The minimum Gasteiger partial charge on any atom is -0.457 e. The summed E-state index contributed by atoms with van der Waals surface area (Å²) < 4.78 is 38.4. The summed E-state index contributed by atoms with van der Waals surface area (Å²) >= 11 is 0. The van der Waals surface area contributed by atoms with Crippen LogP contribution in [-0.2, 0) is 36.1 Å². The number of esters is 1. The Morgan fingerprint density at radius 3 is 1.54 bits per heavy atom. The monoisotopic (exact) mass is 413 g/mol. The van der Waals surface area contributed by atoms with Crippen molar-refractivity contribution in [2.45, 2.75) is 51.0 Å². The van der Waals surface area contributed by atoms with Gasteiger partial charge in [0.05, 0.1) is 5.67 Å². The summed E-state index contributed by atoms with van der Waals surface area (Å²) in [5, 5.41) is 3.20. The molecule has 11 heteroatoms. The second-order valence-corrected chi connectivity index (χ2v) is 11.8. The predicted octanol–water partition coefficient (Wildman–Crippen LogP) is 0.900. The Bertz CT molecular complexity index is 391. The van der Waals surface area contributed by atoms with E-state index in [0.717, 1.165) is 0 Å². The Balaban J connectivity index is 5.19. The Hall–Kier alpha value is -0.376. The van der Waals surface area contributed by atoms with Crippen molar-refractivity contribution in [3.63, 3.8) is 0 Å². The van der Waals surface area contributed by atoms with E-state index in [9.17, 15) is 4.79 Å². The Kier molecular flexibility index (Phi) is 12.0. The van der Waals surface area contributed by atoms with Crippen LogP contribution in [0.1, 0.15) is 33.6 Å². The van der Waals surface area contributed by atoms with Crippen LogP contribution < -0.4 is 5.32 Å². The third-order valence-corrected chi connectivity index (χ3v) is 10.5. The van der Waals surface area contributed by atoms with Gasteiger partial charge in [0.15, 0.2) is 5.73 Å². The molecule has 0 aromatic rings. The molecule has 0 saturated heterocycles. The van der Waals surface area contributed by atoms with Crippen LogP contribution >= 0.6 is 0 Å². The fourth-order valence-electron chi connectivity index (χ4n) is 2.81. The number of hydrogen-bond donors (Lipinski definition) is 1. The van der Waals surface area contributed by atoms with Gasteiger partial charge in [-0.2, -0.15) is 0 Å². The Labute approximate surface area is 159 Å². The maximum Gasteiger partial charge on any atom is 0.543 e. The van der Waals surface area contributed by atoms with Crippen molar-refractivity contribution in [3.8, 4) is 0 Å². The molecule has 1 N–H and O–H groups in total. The van der Waals surface area contributed by atoms with Crippen LogP contribution in [-0.4, -0.2) is 83.7 Å². The van der Waals surface area contributed by atoms with Gasteiger partial charge in [0, 0.05) is 42.7 Å². The molecule has 26 heavy (non-hydrogen) atoms. The molecule has 0 aromatic carbocycles. The Morgan fingerprint density at radius 1 is 0.808 bits per heavy atom. The van der Waals surface area contributed by atoms with Gasteiger partial charge < -0.3 is 31.3 Å². The maximum atomic E-state index is 12.6. The van der Waals surface area contributed by atoms with Crippen molar-refractivity contribution >= 4 is 23.6 Å². The van der Waals surface area contributed by atoms with Gasteiger partial charge in [0.1, 0.15) is 6.04 Å². The van der Waals surface area contributed by atoms with Crippen molar-refractivity contribution in [1.82, 2.24) is 5.32 Å². The van der Waals surface area contributed by atoms with Crippen molar-refractivity contribution in [2.75, 3.05) is 42.7 Å². The quantitative estimate of drug-likeness (QED) is 0.329. The lowest BCUT2D eigenvalue weighted by Crippen LogP contribution is -2.63. The molecule has 0 rings (SSSR count). The third kappa shape index (κ3) is 5.81. The molecule has 0 aliphatic carbocycles. The van der Waals surface area contributed by atoms with Gasteiger partial charge in [0.2, 0.25) is 0 Å². The first-order valence-electron chi connectivity index (χ1n) is 8.57. The summed E-state index contributed by atoms with van der Waals surface area (Å²) in [6, 6.07) is -0.612. The van der Waals surface area contributed by atoms with Crippen LogP contribution in [0, 0.1) is 0 Å². The third-order valence-electron chi connectivity index (χ3n) is 4.37. The molecule has 0 aliphatic heterocycles. The van der Waals surface area contributed by atoms with Crippen LogP contribution in [0.2, 0.25) is 0 Å². The smallest absolute Gasteiger partial charge is 0.457 e. The highest BCUT2D eigenvalue weighted by Gasteiger charge is 2.51. The van der Waals surface area contributed by atoms with Crippen LogP contribution in [0.15, 0.2) is 0 Å². The van der Waals surface area contributed by atoms with E-state index in [1.807, 2.05) is 13.8 Å². The number of hydrogen-bond acceptors (Lipinski definition) is 9. The minimum absolute atomic E-state index is 0.264. The van der Waals surface area contributed by atoms with Crippen molar-refractivity contribution < 1.29 is 36.1 Å². The number of carbonyl (C=O) groups excluding carboxylic acids is 1. The first-order chi connectivity index (χ1) is 12.3. The number of carbonyl (C=O) groups is 1. The topological polar surface area (TPSA) is 93.7 Å². The maximum absolute atomic E-state index is 12.6. The van der Waals surface area contributed by atoms with E-state index >= 15 is 0 Å². The summed E-state index contributed by atoms with van der Waals surface area (Å²) in [5.74, 6) is -0.440. The second-order valence-electron chi connectivity index (χ2n) is 5.61. The molecule has 0 aliphatic rings. The van der Waals surface area contributed by atoms with Gasteiger partial charge >= 0.3 is 23.6 Å². The molecule has 0 radical (unpaired) electrons. The highest BCUT2D eigenvalue weighted by atomic mass is 28.4. The van der Waals surface area contributed by atoms with E-state index in [4.69, 9.17) is 31.3 Å². The lowest BCUT2D eigenvalue weighted by molar-refractivity contribution is -0.151. The van der Waals surface area contributed by atoms with Gasteiger partial charge in [-0.15, -0.1) is 0 Å². The molecule has 156 valence electrons. The molecule has 0 heterocycles. The number of ether oxygens (including phenoxy) is 1.